The van der Waals surface area contributed by atoms with E-state index in [1.54, 1.807) is 0 Å². The van der Waals surface area contributed by atoms with Crippen molar-refractivity contribution in [3.8, 4) is 11.5 Å². The fraction of sp³-hybridized carbons (Fsp3) is 0.154. The average Bonchev–Trinajstić information content (AvgIpc) is 2.89. The Morgan fingerprint density at radius 2 is 2.09 bits per heavy atom. The number of phenols is 2. The highest BCUT2D eigenvalue weighted by Crippen LogP contribution is 2.27. The zero-order chi connectivity index (χ0) is 17.0. The first-order valence-corrected chi connectivity index (χ1v) is 6.20. The van der Waals surface area contributed by atoms with Crippen LogP contribution in [0, 0.1) is 0 Å². The van der Waals surface area contributed by atoms with Gasteiger partial charge >= 0.3 is 6.18 Å². The Balaban J connectivity index is 1.92. The number of carbonyl (C=O) groups is 1. The lowest BCUT2D eigenvalue weighted by Crippen LogP contribution is -2.23. The third kappa shape index (κ3) is 4.46. The topological polar surface area (TPSA) is 99.7 Å². The van der Waals surface area contributed by atoms with E-state index in [0.717, 1.165) is 29.2 Å². The molecule has 2 aromatic rings. The minimum absolute atomic E-state index is 0.136. The molecule has 0 aliphatic heterocycles. The second kappa shape index (κ2) is 6.38. The maximum atomic E-state index is 12.4. The average molecular weight is 328 g/mol. The molecular weight excluding hydrogens is 317 g/mol. The molecule has 1 heterocycles. The maximum Gasteiger partial charge on any atom is 0.435 e. The van der Waals surface area contributed by atoms with E-state index in [2.05, 4.69) is 15.6 Å². The van der Waals surface area contributed by atoms with Gasteiger partial charge in [-0.15, -0.1) is 0 Å². The van der Waals surface area contributed by atoms with Crippen LogP contribution in [0.15, 0.2) is 35.6 Å². The summed E-state index contributed by atoms with van der Waals surface area (Å²) in [7, 11) is 0. The largest absolute Gasteiger partial charge is 0.508 e. The molecule has 0 atom stereocenters. The van der Waals surface area contributed by atoms with Gasteiger partial charge in [-0.25, -0.2) is 5.43 Å². The lowest BCUT2D eigenvalue weighted by atomic mass is 10.2. The first-order valence-electron chi connectivity index (χ1n) is 6.20. The molecule has 7 nitrogen and oxygen atoms in total. The van der Waals surface area contributed by atoms with Crippen molar-refractivity contribution in [2.75, 3.05) is 0 Å². The summed E-state index contributed by atoms with van der Waals surface area (Å²) in [6, 6.07) is 4.52. The highest BCUT2D eigenvalue weighted by atomic mass is 19.4. The van der Waals surface area contributed by atoms with Crippen LogP contribution in [0.3, 0.4) is 0 Å². The lowest BCUT2D eigenvalue weighted by Gasteiger charge is -2.02. The minimum atomic E-state index is -4.57. The number of nitrogens with one attached hydrogen (secondary N) is 1. The monoisotopic (exact) mass is 328 g/mol. The Morgan fingerprint density at radius 1 is 1.35 bits per heavy atom. The molecule has 10 heteroatoms. The van der Waals surface area contributed by atoms with Crippen LogP contribution in [0.25, 0.3) is 0 Å². The molecule has 0 aliphatic rings. The molecule has 2 rings (SSSR count). The number of hydrogen-bond donors (Lipinski definition) is 3. The Hall–Kier alpha value is -3.04. The number of benzene rings is 1. The summed E-state index contributed by atoms with van der Waals surface area (Å²) < 4.78 is 37.9. The quantitative estimate of drug-likeness (QED) is 0.584. The Morgan fingerprint density at radius 3 is 2.70 bits per heavy atom. The van der Waals surface area contributed by atoms with E-state index in [1.807, 2.05) is 0 Å². The molecular formula is C13H11F3N4O3. The number of carbonyl (C=O) groups excluding carboxylic acids is 1. The second-order valence-electron chi connectivity index (χ2n) is 4.43. The van der Waals surface area contributed by atoms with Crippen LogP contribution in [0.5, 0.6) is 11.5 Å². The van der Waals surface area contributed by atoms with Crippen molar-refractivity contribution in [3.63, 3.8) is 0 Å². The van der Waals surface area contributed by atoms with Crippen LogP contribution >= 0.6 is 0 Å². The van der Waals surface area contributed by atoms with E-state index in [1.165, 1.54) is 12.1 Å². The number of phenolic OH excluding ortho intramolecular Hbond substituents is 2. The number of aromatic hydroxyl groups is 2. The summed E-state index contributed by atoms with van der Waals surface area (Å²) in [6.07, 6.45) is -2.43. The minimum Gasteiger partial charge on any atom is -0.508 e. The van der Waals surface area contributed by atoms with Gasteiger partial charge < -0.3 is 10.2 Å². The number of alkyl halides is 3. The van der Waals surface area contributed by atoms with Crippen molar-refractivity contribution in [3.05, 3.63) is 41.7 Å². The standard InChI is InChI=1S/C13H11F3N4O3/c14-13(15,16)11-3-4-20(19-11)7-12(23)18-17-6-8-1-2-9(21)5-10(8)22/h1-6,21-22H,7H2,(H,18,23)/b17-6+. The van der Waals surface area contributed by atoms with Gasteiger partial charge in [0.15, 0.2) is 5.69 Å². The molecule has 1 aromatic carbocycles. The normalized spacial score (nSPS) is 11.8. The highest BCUT2D eigenvalue weighted by molar-refractivity contribution is 5.85. The number of nitrogens with zero attached hydrogens (tertiary/aromatic N) is 3. The van der Waals surface area contributed by atoms with Crippen LogP contribution in [0.1, 0.15) is 11.3 Å². The number of hydrogen-bond acceptors (Lipinski definition) is 5. The van der Waals surface area contributed by atoms with Gasteiger partial charge in [-0.2, -0.15) is 23.4 Å². The molecule has 23 heavy (non-hydrogen) atoms. The predicted octanol–water partition coefficient (Wildman–Crippen LogP) is 1.46. The zero-order valence-corrected chi connectivity index (χ0v) is 11.4. The van der Waals surface area contributed by atoms with Crippen molar-refractivity contribution in [1.82, 2.24) is 15.2 Å². The number of rotatable bonds is 4. The summed E-state index contributed by atoms with van der Waals surface area (Å²) in [6.45, 7) is -0.449. The number of halogens is 3. The molecule has 0 unspecified atom stereocenters. The fourth-order valence-corrected chi connectivity index (χ4v) is 1.60. The zero-order valence-electron chi connectivity index (χ0n) is 11.4. The summed E-state index contributed by atoms with van der Waals surface area (Å²) >= 11 is 0. The molecule has 3 N–H and O–H groups in total. The Kier molecular flexibility index (Phi) is 4.53. The molecule has 122 valence electrons. The highest BCUT2D eigenvalue weighted by Gasteiger charge is 2.33. The Bertz CT molecular complexity index is 740. The van der Waals surface area contributed by atoms with Crippen LogP contribution in [0.4, 0.5) is 13.2 Å². The number of amides is 1. The van der Waals surface area contributed by atoms with E-state index < -0.39 is 24.3 Å². The van der Waals surface area contributed by atoms with E-state index in [9.17, 15) is 23.1 Å². The SMILES string of the molecule is O=C(Cn1ccc(C(F)(F)F)n1)N/N=C/c1ccc(O)cc1O. The van der Waals surface area contributed by atoms with Crippen LogP contribution in [-0.4, -0.2) is 32.1 Å². The van der Waals surface area contributed by atoms with Crippen molar-refractivity contribution in [1.29, 1.82) is 0 Å². The third-order valence-corrected chi connectivity index (χ3v) is 2.64. The first kappa shape index (κ1) is 16.3. The van der Waals surface area contributed by atoms with Gasteiger partial charge in [0.1, 0.15) is 18.0 Å². The van der Waals surface area contributed by atoms with Gasteiger partial charge in [-0.3, -0.25) is 9.48 Å². The van der Waals surface area contributed by atoms with Crippen molar-refractivity contribution in [2.24, 2.45) is 5.10 Å². The van der Waals surface area contributed by atoms with Gasteiger partial charge in [0.05, 0.1) is 6.21 Å². The van der Waals surface area contributed by atoms with E-state index in [0.29, 0.717) is 0 Å². The molecule has 0 saturated heterocycles. The molecule has 0 aliphatic carbocycles. The van der Waals surface area contributed by atoms with Gasteiger partial charge in [-0.1, -0.05) is 0 Å². The molecule has 0 fully saturated rings. The number of aromatic nitrogens is 2. The summed E-state index contributed by atoms with van der Waals surface area (Å²) in [5.41, 5.74) is 1.23. The van der Waals surface area contributed by atoms with E-state index in [4.69, 9.17) is 5.11 Å². The Labute approximate surface area is 127 Å². The molecule has 1 aromatic heterocycles. The van der Waals surface area contributed by atoms with Gasteiger partial charge in [0, 0.05) is 17.8 Å². The summed E-state index contributed by atoms with van der Waals surface area (Å²) in [5.74, 6) is -1.08. The van der Waals surface area contributed by atoms with Gasteiger partial charge in [-0.05, 0) is 18.2 Å². The van der Waals surface area contributed by atoms with Gasteiger partial charge in [0.2, 0.25) is 0 Å². The van der Waals surface area contributed by atoms with Crippen molar-refractivity contribution in [2.45, 2.75) is 12.7 Å². The van der Waals surface area contributed by atoms with Crippen LogP contribution in [-0.2, 0) is 17.5 Å². The lowest BCUT2D eigenvalue weighted by molar-refractivity contribution is -0.141. The smallest absolute Gasteiger partial charge is 0.435 e. The molecule has 0 saturated carbocycles. The first-order chi connectivity index (χ1) is 10.8. The summed E-state index contributed by atoms with van der Waals surface area (Å²) in [4.78, 5) is 11.5. The molecule has 1 amide bonds. The fourth-order valence-electron chi connectivity index (χ4n) is 1.60. The van der Waals surface area contributed by atoms with Crippen molar-refractivity contribution < 1.29 is 28.2 Å². The molecule has 0 radical (unpaired) electrons. The van der Waals surface area contributed by atoms with E-state index >= 15 is 0 Å². The molecule has 0 bridgehead atoms. The van der Waals surface area contributed by atoms with Crippen molar-refractivity contribution >= 4 is 12.1 Å². The predicted molar refractivity (Wildman–Crippen MR) is 72.7 cm³/mol. The molecule has 0 spiro atoms. The third-order valence-electron chi connectivity index (χ3n) is 2.64. The second-order valence-corrected chi connectivity index (χ2v) is 4.43. The maximum absolute atomic E-state index is 12.4. The van der Waals surface area contributed by atoms with Crippen LogP contribution < -0.4 is 5.43 Å². The number of hydrazone groups is 1. The summed E-state index contributed by atoms with van der Waals surface area (Å²) in [5, 5.41) is 25.4. The van der Waals surface area contributed by atoms with Crippen LogP contribution in [0.2, 0.25) is 0 Å². The van der Waals surface area contributed by atoms with E-state index in [-0.39, 0.29) is 17.1 Å². The van der Waals surface area contributed by atoms with Gasteiger partial charge in [0.25, 0.3) is 5.91 Å².